The molecule has 0 aromatic rings. The van der Waals surface area contributed by atoms with Gasteiger partial charge in [0.25, 0.3) is 0 Å². The largest absolute Gasteiger partial charge is 0.298 e. The minimum atomic E-state index is -0.829. The van der Waals surface area contributed by atoms with Crippen molar-refractivity contribution in [2.75, 3.05) is 6.54 Å². The SMILES string of the molecule is CC(C)C(=O)[C@@H]1C[C@@H](F)CN1C(C)C. The molecule has 1 rings (SSSR count). The maximum absolute atomic E-state index is 13.2. The Balaban J connectivity index is 2.71. The zero-order valence-corrected chi connectivity index (χ0v) is 9.46. The average Bonchev–Trinajstić information content (AvgIpc) is 2.45. The molecule has 0 spiro atoms. The average molecular weight is 201 g/mol. The van der Waals surface area contributed by atoms with Gasteiger partial charge in [-0.2, -0.15) is 0 Å². The van der Waals surface area contributed by atoms with Gasteiger partial charge < -0.3 is 0 Å². The normalized spacial score (nSPS) is 29.1. The number of ketones is 1. The lowest BCUT2D eigenvalue weighted by atomic mass is 9.99. The smallest absolute Gasteiger partial charge is 0.152 e. The fraction of sp³-hybridized carbons (Fsp3) is 0.909. The third kappa shape index (κ3) is 2.32. The van der Waals surface area contributed by atoms with E-state index in [4.69, 9.17) is 0 Å². The Morgan fingerprint density at radius 2 is 1.93 bits per heavy atom. The highest BCUT2D eigenvalue weighted by molar-refractivity contribution is 5.86. The number of carbonyl (C=O) groups is 1. The highest BCUT2D eigenvalue weighted by Gasteiger charge is 2.38. The molecular weight excluding hydrogens is 181 g/mol. The lowest BCUT2D eigenvalue weighted by Gasteiger charge is -2.27. The molecule has 1 fully saturated rings. The van der Waals surface area contributed by atoms with Crippen LogP contribution in [0.15, 0.2) is 0 Å². The van der Waals surface area contributed by atoms with Gasteiger partial charge in [0.05, 0.1) is 6.04 Å². The van der Waals surface area contributed by atoms with Crippen LogP contribution >= 0.6 is 0 Å². The number of nitrogens with zero attached hydrogens (tertiary/aromatic N) is 1. The number of carbonyl (C=O) groups excluding carboxylic acids is 1. The molecule has 14 heavy (non-hydrogen) atoms. The van der Waals surface area contributed by atoms with E-state index in [9.17, 15) is 9.18 Å². The molecular formula is C11H20FNO. The van der Waals surface area contributed by atoms with Gasteiger partial charge in [-0.25, -0.2) is 4.39 Å². The molecule has 1 aliphatic rings. The summed E-state index contributed by atoms with van der Waals surface area (Å²) in [6.45, 7) is 8.21. The molecule has 1 aliphatic heterocycles. The Labute approximate surface area is 85.5 Å². The van der Waals surface area contributed by atoms with Gasteiger partial charge >= 0.3 is 0 Å². The van der Waals surface area contributed by atoms with Crippen molar-refractivity contribution in [1.29, 1.82) is 0 Å². The van der Waals surface area contributed by atoms with Crippen molar-refractivity contribution in [3.8, 4) is 0 Å². The monoisotopic (exact) mass is 201 g/mol. The maximum Gasteiger partial charge on any atom is 0.152 e. The van der Waals surface area contributed by atoms with Crippen molar-refractivity contribution >= 4 is 5.78 Å². The van der Waals surface area contributed by atoms with Gasteiger partial charge in [-0.1, -0.05) is 13.8 Å². The Kier molecular flexibility index (Phi) is 3.65. The van der Waals surface area contributed by atoms with Crippen LogP contribution in [-0.4, -0.2) is 35.5 Å². The number of rotatable bonds is 3. The minimum Gasteiger partial charge on any atom is -0.298 e. The van der Waals surface area contributed by atoms with Gasteiger partial charge in [0.2, 0.25) is 0 Å². The predicted molar refractivity (Wildman–Crippen MR) is 55.0 cm³/mol. The lowest BCUT2D eigenvalue weighted by Crippen LogP contribution is -2.42. The molecule has 0 amide bonds. The van der Waals surface area contributed by atoms with E-state index >= 15 is 0 Å². The first-order chi connectivity index (χ1) is 6.43. The van der Waals surface area contributed by atoms with Crippen molar-refractivity contribution in [2.45, 2.75) is 52.4 Å². The van der Waals surface area contributed by atoms with Crippen LogP contribution in [0.3, 0.4) is 0 Å². The second kappa shape index (κ2) is 4.39. The Morgan fingerprint density at radius 1 is 1.36 bits per heavy atom. The molecule has 3 heteroatoms. The summed E-state index contributed by atoms with van der Waals surface area (Å²) in [5, 5.41) is 0. The van der Waals surface area contributed by atoms with Crippen LogP contribution in [0, 0.1) is 5.92 Å². The molecule has 0 bridgehead atoms. The standard InChI is InChI=1S/C11H20FNO/c1-7(2)11(14)10-5-9(12)6-13(10)8(3)4/h7-10H,5-6H2,1-4H3/t9-,10+/m1/s1. The van der Waals surface area contributed by atoms with Crippen molar-refractivity contribution in [2.24, 2.45) is 5.92 Å². The van der Waals surface area contributed by atoms with Gasteiger partial charge in [0.15, 0.2) is 5.78 Å². The summed E-state index contributed by atoms with van der Waals surface area (Å²) in [5.74, 6) is 0.186. The third-order valence-electron chi connectivity index (χ3n) is 2.85. The summed E-state index contributed by atoms with van der Waals surface area (Å²) in [4.78, 5) is 13.8. The predicted octanol–water partition coefficient (Wildman–Crippen LogP) is 2.03. The molecule has 2 nitrogen and oxygen atoms in total. The third-order valence-corrected chi connectivity index (χ3v) is 2.85. The van der Waals surface area contributed by atoms with E-state index in [0.29, 0.717) is 13.0 Å². The van der Waals surface area contributed by atoms with Crippen LogP contribution in [0.4, 0.5) is 4.39 Å². The summed E-state index contributed by atoms with van der Waals surface area (Å²) >= 11 is 0. The quantitative estimate of drug-likeness (QED) is 0.696. The number of Topliss-reactive ketones (excluding diaryl/α,β-unsaturated/α-hetero) is 1. The zero-order valence-electron chi connectivity index (χ0n) is 9.46. The number of alkyl halides is 1. The Morgan fingerprint density at radius 3 is 2.36 bits per heavy atom. The highest BCUT2D eigenvalue weighted by atomic mass is 19.1. The van der Waals surface area contributed by atoms with Gasteiger partial charge in [0.1, 0.15) is 6.17 Å². The van der Waals surface area contributed by atoms with Crippen molar-refractivity contribution in [3.63, 3.8) is 0 Å². The van der Waals surface area contributed by atoms with Crippen LogP contribution in [0.2, 0.25) is 0 Å². The summed E-state index contributed by atoms with van der Waals surface area (Å²) in [7, 11) is 0. The van der Waals surface area contributed by atoms with E-state index in [1.54, 1.807) is 0 Å². The molecule has 0 aromatic heterocycles. The molecule has 0 unspecified atom stereocenters. The molecule has 1 heterocycles. The first kappa shape index (κ1) is 11.6. The molecule has 0 N–H and O–H groups in total. The van der Waals surface area contributed by atoms with E-state index in [-0.39, 0.29) is 23.8 Å². The minimum absolute atomic E-state index is 0.00606. The molecule has 0 aromatic carbocycles. The van der Waals surface area contributed by atoms with Crippen LogP contribution in [0.25, 0.3) is 0 Å². The molecule has 1 saturated heterocycles. The lowest BCUT2D eigenvalue weighted by molar-refractivity contribution is -0.126. The highest BCUT2D eigenvalue weighted by Crippen LogP contribution is 2.25. The van der Waals surface area contributed by atoms with E-state index < -0.39 is 6.17 Å². The van der Waals surface area contributed by atoms with E-state index in [1.165, 1.54) is 0 Å². The number of likely N-dealkylation sites (tertiary alicyclic amines) is 1. The summed E-state index contributed by atoms with van der Waals surface area (Å²) in [6.07, 6.45) is -0.444. The van der Waals surface area contributed by atoms with E-state index in [0.717, 1.165) is 0 Å². The van der Waals surface area contributed by atoms with Gasteiger partial charge in [-0.3, -0.25) is 9.69 Å². The van der Waals surface area contributed by atoms with Crippen LogP contribution in [-0.2, 0) is 4.79 Å². The second-order valence-electron chi connectivity index (χ2n) is 4.70. The first-order valence-corrected chi connectivity index (χ1v) is 5.37. The number of halogens is 1. The van der Waals surface area contributed by atoms with Crippen LogP contribution in [0.1, 0.15) is 34.1 Å². The number of hydrogen-bond donors (Lipinski definition) is 0. The second-order valence-corrected chi connectivity index (χ2v) is 4.70. The molecule has 82 valence electrons. The zero-order chi connectivity index (χ0) is 10.9. The number of hydrogen-bond acceptors (Lipinski definition) is 2. The molecule has 0 saturated carbocycles. The molecule has 0 aliphatic carbocycles. The van der Waals surface area contributed by atoms with Crippen molar-refractivity contribution in [1.82, 2.24) is 4.90 Å². The van der Waals surface area contributed by atoms with E-state index in [1.807, 2.05) is 32.6 Å². The van der Waals surface area contributed by atoms with Gasteiger partial charge in [-0.15, -0.1) is 0 Å². The van der Waals surface area contributed by atoms with Gasteiger partial charge in [-0.05, 0) is 13.8 Å². The molecule has 2 atom stereocenters. The fourth-order valence-electron chi connectivity index (χ4n) is 2.04. The van der Waals surface area contributed by atoms with Crippen LogP contribution in [0.5, 0.6) is 0 Å². The first-order valence-electron chi connectivity index (χ1n) is 5.37. The fourth-order valence-corrected chi connectivity index (χ4v) is 2.04. The Bertz CT molecular complexity index is 215. The van der Waals surface area contributed by atoms with Crippen molar-refractivity contribution in [3.05, 3.63) is 0 Å². The molecule has 0 radical (unpaired) electrons. The topological polar surface area (TPSA) is 20.3 Å². The summed E-state index contributed by atoms with van der Waals surface area (Å²) < 4.78 is 13.2. The van der Waals surface area contributed by atoms with E-state index in [2.05, 4.69) is 0 Å². The summed E-state index contributed by atoms with van der Waals surface area (Å²) in [6, 6.07) is 0.0634. The van der Waals surface area contributed by atoms with Gasteiger partial charge in [0, 0.05) is 24.9 Å². The Hall–Kier alpha value is -0.440. The van der Waals surface area contributed by atoms with Crippen LogP contribution < -0.4 is 0 Å². The van der Waals surface area contributed by atoms with Crippen molar-refractivity contribution < 1.29 is 9.18 Å². The summed E-state index contributed by atoms with van der Waals surface area (Å²) in [5.41, 5.74) is 0. The maximum atomic E-state index is 13.2.